The fourth-order valence-electron chi connectivity index (χ4n) is 2.01. The Balaban J connectivity index is 2.26. The van der Waals surface area contributed by atoms with Gasteiger partial charge in [0.2, 0.25) is 0 Å². The van der Waals surface area contributed by atoms with Gasteiger partial charge in [0.25, 0.3) is 5.69 Å². The van der Waals surface area contributed by atoms with Crippen LogP contribution < -0.4 is 10.1 Å². The average molecular weight is 351 g/mol. The summed E-state index contributed by atoms with van der Waals surface area (Å²) in [5, 5.41) is 14.3. The molecule has 0 aliphatic rings. The first-order valence-corrected chi connectivity index (χ1v) is 7.15. The number of hydrogen-bond donors (Lipinski definition) is 1. The molecule has 2 rings (SSSR count). The summed E-state index contributed by atoms with van der Waals surface area (Å²) in [4.78, 5) is 10.7. The van der Waals surface area contributed by atoms with Gasteiger partial charge in [-0.3, -0.25) is 10.1 Å². The van der Waals surface area contributed by atoms with Crippen LogP contribution in [0.1, 0.15) is 18.5 Å². The molecular formula is C15H15BrN2O3. The second kappa shape index (κ2) is 6.58. The van der Waals surface area contributed by atoms with Gasteiger partial charge >= 0.3 is 0 Å². The van der Waals surface area contributed by atoms with Crippen LogP contribution in [-0.2, 0) is 0 Å². The third-order valence-corrected chi connectivity index (χ3v) is 3.62. The lowest BCUT2D eigenvalue weighted by Gasteiger charge is -2.16. The SMILES string of the molecule is COc1cccc(C(C)Nc2ccc(Br)cc2[N+](=O)[O-])c1. The first-order chi connectivity index (χ1) is 10.0. The number of hydrogen-bond acceptors (Lipinski definition) is 4. The van der Waals surface area contributed by atoms with Crippen molar-refractivity contribution >= 4 is 27.3 Å². The second-order valence-electron chi connectivity index (χ2n) is 4.56. The van der Waals surface area contributed by atoms with E-state index >= 15 is 0 Å². The fourth-order valence-corrected chi connectivity index (χ4v) is 2.35. The summed E-state index contributed by atoms with van der Waals surface area (Å²) in [6, 6.07) is 12.5. The lowest BCUT2D eigenvalue weighted by molar-refractivity contribution is -0.384. The molecule has 6 heteroatoms. The van der Waals surface area contributed by atoms with Crippen LogP contribution in [0, 0.1) is 10.1 Å². The minimum atomic E-state index is -0.397. The number of ether oxygens (including phenoxy) is 1. The summed E-state index contributed by atoms with van der Waals surface area (Å²) < 4.78 is 5.87. The van der Waals surface area contributed by atoms with Crippen molar-refractivity contribution in [2.24, 2.45) is 0 Å². The maximum Gasteiger partial charge on any atom is 0.293 e. The van der Waals surface area contributed by atoms with Gasteiger partial charge in [0, 0.05) is 16.6 Å². The van der Waals surface area contributed by atoms with E-state index in [0.717, 1.165) is 11.3 Å². The highest BCUT2D eigenvalue weighted by Crippen LogP contribution is 2.31. The van der Waals surface area contributed by atoms with E-state index in [2.05, 4.69) is 21.2 Å². The maximum absolute atomic E-state index is 11.1. The Labute approximate surface area is 131 Å². The summed E-state index contributed by atoms with van der Waals surface area (Å²) in [7, 11) is 1.61. The van der Waals surface area contributed by atoms with Crippen molar-refractivity contribution in [3.05, 3.63) is 62.6 Å². The minimum absolute atomic E-state index is 0.0409. The van der Waals surface area contributed by atoms with Gasteiger partial charge in [0.05, 0.1) is 12.0 Å². The molecule has 0 amide bonds. The Bertz CT molecular complexity index is 661. The lowest BCUT2D eigenvalue weighted by Crippen LogP contribution is -2.08. The van der Waals surface area contributed by atoms with Gasteiger partial charge in [-0.2, -0.15) is 0 Å². The summed E-state index contributed by atoms with van der Waals surface area (Å²) in [5.74, 6) is 0.756. The predicted molar refractivity (Wildman–Crippen MR) is 85.8 cm³/mol. The molecule has 21 heavy (non-hydrogen) atoms. The molecule has 0 saturated carbocycles. The Morgan fingerprint density at radius 3 is 2.71 bits per heavy atom. The molecule has 1 atom stereocenters. The summed E-state index contributed by atoms with van der Waals surface area (Å²) in [5.41, 5.74) is 1.52. The Morgan fingerprint density at radius 2 is 2.05 bits per heavy atom. The molecule has 110 valence electrons. The van der Waals surface area contributed by atoms with Crippen LogP contribution in [-0.4, -0.2) is 12.0 Å². The standard InChI is InChI=1S/C15H15BrN2O3/c1-10(11-4-3-5-13(8-11)21-2)17-14-7-6-12(16)9-15(14)18(19)20/h3-10,17H,1-2H3. The Morgan fingerprint density at radius 1 is 1.29 bits per heavy atom. The van der Waals surface area contributed by atoms with E-state index in [4.69, 9.17) is 4.74 Å². The quantitative estimate of drug-likeness (QED) is 0.635. The lowest BCUT2D eigenvalue weighted by atomic mass is 10.1. The van der Waals surface area contributed by atoms with Gasteiger partial charge in [-0.25, -0.2) is 0 Å². The van der Waals surface area contributed by atoms with Gasteiger partial charge in [-0.05, 0) is 36.8 Å². The summed E-state index contributed by atoms with van der Waals surface area (Å²) in [6.07, 6.45) is 0. The molecule has 0 saturated heterocycles. The largest absolute Gasteiger partial charge is 0.497 e. The molecule has 0 bridgehead atoms. The van der Waals surface area contributed by atoms with Gasteiger partial charge < -0.3 is 10.1 Å². The number of nitrogens with one attached hydrogen (secondary N) is 1. The number of anilines is 1. The van der Waals surface area contributed by atoms with Crippen LogP contribution in [0.5, 0.6) is 5.75 Å². The zero-order valence-corrected chi connectivity index (χ0v) is 13.3. The van der Waals surface area contributed by atoms with Crippen LogP contribution in [0.4, 0.5) is 11.4 Å². The normalized spacial score (nSPS) is 11.8. The molecule has 1 unspecified atom stereocenters. The Hall–Kier alpha value is -2.08. The van der Waals surface area contributed by atoms with Crippen molar-refractivity contribution in [2.45, 2.75) is 13.0 Å². The monoisotopic (exact) mass is 350 g/mol. The van der Waals surface area contributed by atoms with E-state index in [-0.39, 0.29) is 11.7 Å². The first kappa shape index (κ1) is 15.3. The predicted octanol–water partition coefficient (Wildman–Crippen LogP) is 4.54. The van der Waals surface area contributed by atoms with Crippen LogP contribution in [0.25, 0.3) is 0 Å². The molecule has 0 radical (unpaired) electrons. The molecule has 1 N–H and O–H groups in total. The first-order valence-electron chi connectivity index (χ1n) is 6.35. The van der Waals surface area contributed by atoms with Crippen molar-refractivity contribution in [3.8, 4) is 5.75 Å². The highest BCUT2D eigenvalue weighted by atomic mass is 79.9. The van der Waals surface area contributed by atoms with E-state index in [1.54, 1.807) is 19.2 Å². The minimum Gasteiger partial charge on any atom is -0.497 e. The van der Waals surface area contributed by atoms with Crippen molar-refractivity contribution < 1.29 is 9.66 Å². The molecule has 0 heterocycles. The van der Waals surface area contributed by atoms with Gasteiger partial charge in [0.1, 0.15) is 11.4 Å². The van der Waals surface area contributed by atoms with Crippen molar-refractivity contribution in [3.63, 3.8) is 0 Å². The summed E-state index contributed by atoms with van der Waals surface area (Å²) >= 11 is 3.25. The van der Waals surface area contributed by atoms with Crippen molar-refractivity contribution in [1.82, 2.24) is 0 Å². The number of nitrogens with zero attached hydrogens (tertiary/aromatic N) is 1. The molecule has 0 spiro atoms. The number of nitro groups is 1. The number of halogens is 1. The third kappa shape index (κ3) is 3.72. The molecule has 5 nitrogen and oxygen atoms in total. The van der Waals surface area contributed by atoms with Crippen molar-refractivity contribution in [1.29, 1.82) is 0 Å². The van der Waals surface area contributed by atoms with E-state index in [1.165, 1.54) is 6.07 Å². The molecule has 0 aromatic heterocycles. The fraction of sp³-hybridized carbons (Fsp3) is 0.200. The zero-order chi connectivity index (χ0) is 15.4. The highest BCUT2D eigenvalue weighted by molar-refractivity contribution is 9.10. The van der Waals surface area contributed by atoms with Crippen LogP contribution in [0.3, 0.4) is 0 Å². The maximum atomic E-state index is 11.1. The molecule has 0 aliphatic carbocycles. The van der Waals surface area contributed by atoms with Gasteiger partial charge in [0.15, 0.2) is 0 Å². The third-order valence-electron chi connectivity index (χ3n) is 3.12. The van der Waals surface area contributed by atoms with E-state index < -0.39 is 4.92 Å². The number of nitro benzene ring substituents is 1. The smallest absolute Gasteiger partial charge is 0.293 e. The average Bonchev–Trinajstić information content (AvgIpc) is 2.48. The van der Waals surface area contributed by atoms with E-state index in [1.807, 2.05) is 31.2 Å². The van der Waals surface area contributed by atoms with Crippen LogP contribution in [0.2, 0.25) is 0 Å². The van der Waals surface area contributed by atoms with Crippen molar-refractivity contribution in [2.75, 3.05) is 12.4 Å². The van der Waals surface area contributed by atoms with E-state index in [9.17, 15) is 10.1 Å². The van der Waals surface area contributed by atoms with Gasteiger partial charge in [-0.15, -0.1) is 0 Å². The van der Waals surface area contributed by atoms with E-state index in [0.29, 0.717) is 10.2 Å². The molecule has 2 aromatic rings. The highest BCUT2D eigenvalue weighted by Gasteiger charge is 2.16. The molecule has 0 aliphatic heterocycles. The Kier molecular flexibility index (Phi) is 4.80. The molecule has 2 aromatic carbocycles. The topological polar surface area (TPSA) is 64.4 Å². The number of methoxy groups -OCH3 is 1. The molecule has 0 fully saturated rings. The van der Waals surface area contributed by atoms with Gasteiger partial charge in [-0.1, -0.05) is 28.1 Å². The van der Waals surface area contributed by atoms with Crippen LogP contribution in [0.15, 0.2) is 46.9 Å². The second-order valence-corrected chi connectivity index (χ2v) is 5.48. The summed E-state index contributed by atoms with van der Waals surface area (Å²) in [6.45, 7) is 1.94. The zero-order valence-electron chi connectivity index (χ0n) is 11.7. The van der Waals surface area contributed by atoms with Crippen LogP contribution >= 0.6 is 15.9 Å². The number of rotatable bonds is 5. The number of benzene rings is 2. The molecular weight excluding hydrogens is 336 g/mol.